The second kappa shape index (κ2) is 6.00. The molecule has 0 aliphatic carbocycles. The fraction of sp³-hybridized carbons (Fsp3) is 0.158. The van der Waals surface area contributed by atoms with E-state index in [4.69, 9.17) is 0 Å². The number of aliphatic hydroxyl groups excluding tert-OH is 1. The van der Waals surface area contributed by atoms with Gasteiger partial charge in [-0.3, -0.25) is 0 Å². The van der Waals surface area contributed by atoms with Gasteiger partial charge in [0.1, 0.15) is 0 Å². The van der Waals surface area contributed by atoms with Gasteiger partial charge in [-0.15, -0.1) is 0 Å². The lowest BCUT2D eigenvalue weighted by Crippen LogP contribution is -2.02. The van der Waals surface area contributed by atoms with Gasteiger partial charge >= 0.3 is 0 Å². The predicted molar refractivity (Wildman–Crippen MR) is 91.5 cm³/mol. The Morgan fingerprint density at radius 2 is 1.57 bits per heavy atom. The van der Waals surface area contributed by atoms with E-state index in [1.807, 2.05) is 24.3 Å². The first kappa shape index (κ1) is 14.3. The molecule has 0 heterocycles. The molecule has 3 aromatic rings. The van der Waals surface area contributed by atoms with Crippen molar-refractivity contribution in [1.82, 2.24) is 0 Å². The number of benzene rings is 3. The molecule has 2 heteroatoms. The van der Waals surface area contributed by atoms with Gasteiger partial charge in [0.05, 0.1) is 6.10 Å². The van der Waals surface area contributed by atoms with E-state index in [2.05, 4.69) is 59.3 Å². The maximum atomic E-state index is 10.6. The van der Waals surface area contributed by atoms with Crippen LogP contribution in [0.5, 0.6) is 0 Å². The van der Waals surface area contributed by atoms with Crippen molar-refractivity contribution < 1.29 is 5.11 Å². The molecule has 0 aliphatic rings. The molecule has 0 radical (unpaired) electrons. The predicted octanol–water partition coefficient (Wildman–Crippen LogP) is 5.19. The summed E-state index contributed by atoms with van der Waals surface area (Å²) in [5.41, 5.74) is 3.37. The van der Waals surface area contributed by atoms with Crippen molar-refractivity contribution >= 4 is 26.7 Å². The van der Waals surface area contributed by atoms with Gasteiger partial charge in [0.15, 0.2) is 0 Å². The molecular weight excluding hydrogens is 324 g/mol. The van der Waals surface area contributed by atoms with Crippen LogP contribution in [-0.4, -0.2) is 5.11 Å². The summed E-state index contributed by atoms with van der Waals surface area (Å²) in [7, 11) is 0. The smallest absolute Gasteiger partial charge is 0.0836 e. The van der Waals surface area contributed by atoms with E-state index in [9.17, 15) is 5.11 Å². The largest absolute Gasteiger partial charge is 0.388 e. The molecule has 0 spiro atoms. The highest BCUT2D eigenvalue weighted by atomic mass is 79.9. The summed E-state index contributed by atoms with van der Waals surface area (Å²) >= 11 is 3.57. The fourth-order valence-electron chi connectivity index (χ4n) is 2.63. The second-order valence-corrected chi connectivity index (χ2v) is 6.24. The molecule has 0 fully saturated rings. The molecule has 0 saturated heterocycles. The zero-order valence-electron chi connectivity index (χ0n) is 11.9. The van der Waals surface area contributed by atoms with Crippen molar-refractivity contribution in [3.63, 3.8) is 0 Å². The Bertz CT molecular complexity index is 762. The molecule has 1 N–H and O–H groups in total. The summed E-state index contributed by atoms with van der Waals surface area (Å²) in [6.07, 6.45) is 0.136. The van der Waals surface area contributed by atoms with Crippen molar-refractivity contribution in [1.29, 1.82) is 0 Å². The number of hydrogen-bond donors (Lipinski definition) is 1. The van der Waals surface area contributed by atoms with E-state index in [-0.39, 0.29) is 0 Å². The van der Waals surface area contributed by atoms with Crippen LogP contribution in [0.3, 0.4) is 0 Å². The van der Waals surface area contributed by atoms with E-state index in [1.165, 1.54) is 5.56 Å². The lowest BCUT2D eigenvalue weighted by Gasteiger charge is -2.15. The van der Waals surface area contributed by atoms with Crippen LogP contribution in [0.1, 0.15) is 22.8 Å². The van der Waals surface area contributed by atoms with Crippen molar-refractivity contribution in [2.24, 2.45) is 0 Å². The Kier molecular flexibility index (Phi) is 4.09. The molecule has 0 saturated carbocycles. The third-order valence-corrected chi connectivity index (χ3v) is 4.50. The van der Waals surface area contributed by atoms with Crippen LogP contribution >= 0.6 is 15.9 Å². The molecule has 0 amide bonds. The summed E-state index contributed by atoms with van der Waals surface area (Å²) in [6.45, 7) is 2.07. The molecule has 0 bridgehead atoms. The van der Waals surface area contributed by atoms with Crippen molar-refractivity contribution in [3.8, 4) is 0 Å². The number of fused-ring (bicyclic) bond motifs is 1. The minimum atomic E-state index is -0.495. The van der Waals surface area contributed by atoms with E-state index in [0.717, 1.165) is 26.4 Å². The Hall–Kier alpha value is -1.64. The van der Waals surface area contributed by atoms with Crippen molar-refractivity contribution in [3.05, 3.63) is 81.8 Å². The molecule has 3 aromatic carbocycles. The molecular formula is C19H17BrO. The zero-order valence-corrected chi connectivity index (χ0v) is 13.5. The maximum Gasteiger partial charge on any atom is 0.0836 e. The first-order chi connectivity index (χ1) is 10.1. The van der Waals surface area contributed by atoms with Crippen LogP contribution in [0.15, 0.2) is 65.1 Å². The van der Waals surface area contributed by atoms with E-state index >= 15 is 0 Å². The van der Waals surface area contributed by atoms with Crippen LogP contribution in [0, 0.1) is 6.92 Å². The Morgan fingerprint density at radius 1 is 0.905 bits per heavy atom. The van der Waals surface area contributed by atoms with E-state index < -0.39 is 6.10 Å². The number of aliphatic hydroxyl groups is 1. The SMILES string of the molecule is Cc1ccc(CC(O)c2ccc(Br)c3ccccc23)cc1. The van der Waals surface area contributed by atoms with E-state index in [1.54, 1.807) is 0 Å². The molecule has 1 nitrogen and oxygen atoms in total. The summed E-state index contributed by atoms with van der Waals surface area (Å²) in [4.78, 5) is 0. The van der Waals surface area contributed by atoms with Crippen LogP contribution in [-0.2, 0) is 6.42 Å². The van der Waals surface area contributed by atoms with Gasteiger partial charge in [-0.25, -0.2) is 0 Å². The number of rotatable bonds is 3. The Morgan fingerprint density at radius 3 is 2.29 bits per heavy atom. The van der Waals surface area contributed by atoms with Crippen LogP contribution in [0.4, 0.5) is 0 Å². The number of halogens is 1. The lowest BCUT2D eigenvalue weighted by molar-refractivity contribution is 0.180. The summed E-state index contributed by atoms with van der Waals surface area (Å²) in [5, 5.41) is 12.9. The standard InChI is InChI=1S/C19H17BrO/c1-13-6-8-14(9-7-13)12-19(21)17-10-11-18(20)16-5-3-2-4-15(16)17/h2-11,19,21H,12H2,1H3. The summed E-state index contributed by atoms with van der Waals surface area (Å²) in [5.74, 6) is 0. The third-order valence-electron chi connectivity index (χ3n) is 3.81. The number of hydrogen-bond acceptors (Lipinski definition) is 1. The Balaban J connectivity index is 1.96. The van der Waals surface area contributed by atoms with Gasteiger partial charge in [0, 0.05) is 10.9 Å². The summed E-state index contributed by atoms with van der Waals surface area (Å²) < 4.78 is 1.06. The summed E-state index contributed by atoms with van der Waals surface area (Å²) in [6, 6.07) is 20.5. The highest BCUT2D eigenvalue weighted by Gasteiger charge is 2.13. The van der Waals surface area contributed by atoms with Crippen molar-refractivity contribution in [2.75, 3.05) is 0 Å². The fourth-order valence-corrected chi connectivity index (χ4v) is 3.11. The van der Waals surface area contributed by atoms with Crippen LogP contribution in [0.2, 0.25) is 0 Å². The van der Waals surface area contributed by atoms with Gasteiger partial charge in [-0.1, -0.05) is 76.1 Å². The molecule has 106 valence electrons. The van der Waals surface area contributed by atoms with Crippen LogP contribution in [0.25, 0.3) is 10.8 Å². The average Bonchev–Trinajstić information content (AvgIpc) is 2.50. The van der Waals surface area contributed by atoms with Gasteiger partial charge in [-0.05, 0) is 34.9 Å². The highest BCUT2D eigenvalue weighted by Crippen LogP contribution is 2.31. The first-order valence-electron chi connectivity index (χ1n) is 7.06. The zero-order chi connectivity index (χ0) is 14.8. The first-order valence-corrected chi connectivity index (χ1v) is 7.85. The normalized spacial score (nSPS) is 12.5. The van der Waals surface area contributed by atoms with Gasteiger partial charge in [0.25, 0.3) is 0 Å². The molecule has 21 heavy (non-hydrogen) atoms. The number of aryl methyl sites for hydroxylation is 1. The molecule has 0 aromatic heterocycles. The minimum absolute atomic E-state index is 0.495. The highest BCUT2D eigenvalue weighted by molar-refractivity contribution is 9.10. The topological polar surface area (TPSA) is 20.2 Å². The average molecular weight is 341 g/mol. The monoisotopic (exact) mass is 340 g/mol. The molecule has 1 unspecified atom stereocenters. The van der Waals surface area contributed by atoms with Crippen LogP contribution < -0.4 is 0 Å². The minimum Gasteiger partial charge on any atom is -0.388 e. The van der Waals surface area contributed by atoms with Crippen molar-refractivity contribution in [2.45, 2.75) is 19.4 Å². The Labute approximate surface area is 133 Å². The van der Waals surface area contributed by atoms with Gasteiger partial charge in [-0.2, -0.15) is 0 Å². The quantitative estimate of drug-likeness (QED) is 0.695. The molecule has 0 aliphatic heterocycles. The molecule has 1 atom stereocenters. The van der Waals surface area contributed by atoms with Gasteiger partial charge < -0.3 is 5.11 Å². The second-order valence-electron chi connectivity index (χ2n) is 5.39. The lowest BCUT2D eigenvalue weighted by atomic mass is 9.96. The third kappa shape index (κ3) is 3.02. The van der Waals surface area contributed by atoms with Gasteiger partial charge in [0.2, 0.25) is 0 Å². The molecule has 3 rings (SSSR count). The van der Waals surface area contributed by atoms with E-state index in [0.29, 0.717) is 6.42 Å². The maximum absolute atomic E-state index is 10.6.